The molecule has 1 amide bonds. The number of amides is 1. The highest BCUT2D eigenvalue weighted by atomic mass is 35.5. The van der Waals surface area contributed by atoms with Gasteiger partial charge in [0.25, 0.3) is 0 Å². The van der Waals surface area contributed by atoms with Crippen molar-refractivity contribution in [2.45, 2.75) is 43.9 Å². The Balaban J connectivity index is 1.62. The van der Waals surface area contributed by atoms with E-state index in [0.717, 1.165) is 25.7 Å². The fourth-order valence-electron chi connectivity index (χ4n) is 3.45. The third kappa shape index (κ3) is 3.20. The summed E-state index contributed by atoms with van der Waals surface area (Å²) in [5.74, 6) is -0.766. The van der Waals surface area contributed by atoms with Crippen molar-refractivity contribution < 1.29 is 14.3 Å². The van der Waals surface area contributed by atoms with Crippen LogP contribution in [-0.4, -0.2) is 40.6 Å². The fraction of sp³-hybridized carbons (Fsp3) is 0.533. The van der Waals surface area contributed by atoms with Gasteiger partial charge in [-0.2, -0.15) is 0 Å². The molecule has 0 aliphatic carbocycles. The molecule has 0 aromatic heterocycles. The van der Waals surface area contributed by atoms with Gasteiger partial charge in [-0.05, 0) is 43.9 Å². The normalized spacial score (nSPS) is 28.6. The Kier molecular flexibility index (Phi) is 4.15. The van der Waals surface area contributed by atoms with Gasteiger partial charge in [-0.1, -0.05) is 11.6 Å². The fourth-order valence-corrected chi connectivity index (χ4v) is 3.61. The second-order valence-electron chi connectivity index (χ2n) is 5.85. The van der Waals surface area contributed by atoms with E-state index in [2.05, 4.69) is 10.2 Å². The van der Waals surface area contributed by atoms with Crippen molar-refractivity contribution in [2.24, 2.45) is 0 Å². The molecule has 1 aromatic carbocycles. The van der Waals surface area contributed by atoms with Crippen molar-refractivity contribution >= 4 is 23.2 Å². The van der Waals surface area contributed by atoms with E-state index in [-0.39, 0.29) is 36.3 Å². The Morgan fingerprint density at radius 3 is 2.67 bits per heavy atom. The Morgan fingerprint density at radius 2 is 2.05 bits per heavy atom. The van der Waals surface area contributed by atoms with Crippen molar-refractivity contribution in [1.29, 1.82) is 0 Å². The van der Waals surface area contributed by atoms with Gasteiger partial charge in [-0.15, -0.1) is 0 Å². The number of halogens is 2. The zero-order valence-electron chi connectivity index (χ0n) is 11.6. The summed E-state index contributed by atoms with van der Waals surface area (Å²) in [6, 6.07) is 4.71. The summed E-state index contributed by atoms with van der Waals surface area (Å²) in [5.41, 5.74) is 0.147. The number of piperidine rings is 1. The molecule has 114 valence electrons. The second-order valence-corrected chi connectivity index (χ2v) is 6.29. The number of aliphatic hydroxyl groups is 1. The van der Waals surface area contributed by atoms with E-state index >= 15 is 0 Å². The second kappa shape index (κ2) is 5.91. The van der Waals surface area contributed by atoms with Crippen molar-refractivity contribution in [1.82, 2.24) is 4.90 Å². The summed E-state index contributed by atoms with van der Waals surface area (Å²) in [5, 5.41) is 12.6. The number of benzene rings is 1. The molecular weight excluding hydrogens is 295 g/mol. The topological polar surface area (TPSA) is 52.6 Å². The Hall–Kier alpha value is -1.17. The smallest absolute Gasteiger partial charge is 0.238 e. The average Bonchev–Trinajstić information content (AvgIpc) is 2.66. The molecule has 2 aliphatic rings. The number of nitrogens with zero attached hydrogens (tertiary/aromatic N) is 1. The number of hydrogen-bond donors (Lipinski definition) is 2. The third-order valence-electron chi connectivity index (χ3n) is 4.39. The third-order valence-corrected chi connectivity index (χ3v) is 4.63. The molecule has 2 saturated heterocycles. The summed E-state index contributed by atoms with van der Waals surface area (Å²) < 4.78 is 13.7. The van der Waals surface area contributed by atoms with E-state index < -0.39 is 5.82 Å². The van der Waals surface area contributed by atoms with E-state index in [1.165, 1.54) is 12.1 Å². The maximum atomic E-state index is 13.7. The van der Waals surface area contributed by atoms with E-state index in [9.17, 15) is 14.3 Å². The molecule has 0 radical (unpaired) electrons. The maximum absolute atomic E-state index is 13.7. The molecule has 0 saturated carbocycles. The van der Waals surface area contributed by atoms with E-state index in [1.807, 2.05) is 0 Å². The monoisotopic (exact) mass is 312 g/mol. The molecule has 21 heavy (non-hydrogen) atoms. The number of fused-ring (bicyclic) bond motifs is 2. The first-order valence-electron chi connectivity index (χ1n) is 7.21. The first-order valence-corrected chi connectivity index (χ1v) is 7.59. The van der Waals surface area contributed by atoms with E-state index in [0.29, 0.717) is 5.02 Å². The molecular formula is C15H18ClFN2O2. The number of carbonyl (C=O) groups is 1. The van der Waals surface area contributed by atoms with Crippen LogP contribution in [0.3, 0.4) is 0 Å². The highest BCUT2D eigenvalue weighted by Gasteiger charge is 2.40. The molecule has 2 unspecified atom stereocenters. The largest absolute Gasteiger partial charge is 0.393 e. The quantitative estimate of drug-likeness (QED) is 0.901. The van der Waals surface area contributed by atoms with Crippen LogP contribution in [0.1, 0.15) is 25.7 Å². The standard InChI is InChI=1S/C15H18ClFN2O2/c16-9-1-4-14(13(17)5-9)18-15(21)8-19-10-2-3-11(19)7-12(20)6-10/h1,4-5,10-12,20H,2-3,6-8H2,(H,18,21). The van der Waals surface area contributed by atoms with Crippen LogP contribution in [0.15, 0.2) is 18.2 Å². The lowest BCUT2D eigenvalue weighted by atomic mass is 10.00. The summed E-state index contributed by atoms with van der Waals surface area (Å²) in [6.45, 7) is 0.240. The van der Waals surface area contributed by atoms with Gasteiger partial charge in [0, 0.05) is 17.1 Å². The molecule has 2 aliphatic heterocycles. The molecule has 1 aromatic rings. The van der Waals surface area contributed by atoms with Crippen molar-refractivity contribution in [3.8, 4) is 0 Å². The highest BCUT2D eigenvalue weighted by molar-refractivity contribution is 6.30. The average molecular weight is 313 g/mol. The lowest BCUT2D eigenvalue weighted by Crippen LogP contribution is -2.47. The van der Waals surface area contributed by atoms with Crippen molar-refractivity contribution in [3.63, 3.8) is 0 Å². The van der Waals surface area contributed by atoms with Gasteiger partial charge < -0.3 is 10.4 Å². The summed E-state index contributed by atoms with van der Waals surface area (Å²) in [7, 11) is 0. The highest BCUT2D eigenvalue weighted by Crippen LogP contribution is 2.35. The molecule has 4 nitrogen and oxygen atoms in total. The van der Waals surface area contributed by atoms with Gasteiger partial charge in [0.05, 0.1) is 18.3 Å². The van der Waals surface area contributed by atoms with Crippen LogP contribution in [0.5, 0.6) is 0 Å². The van der Waals surface area contributed by atoms with Crippen molar-refractivity contribution in [3.05, 3.63) is 29.0 Å². The molecule has 6 heteroatoms. The zero-order valence-corrected chi connectivity index (χ0v) is 12.3. The van der Waals surface area contributed by atoms with E-state index in [1.54, 1.807) is 6.07 Å². The lowest BCUT2D eigenvalue weighted by Gasteiger charge is -2.36. The van der Waals surface area contributed by atoms with Gasteiger partial charge in [-0.25, -0.2) is 4.39 Å². The maximum Gasteiger partial charge on any atom is 0.238 e. The van der Waals surface area contributed by atoms with Crippen molar-refractivity contribution in [2.75, 3.05) is 11.9 Å². The summed E-state index contributed by atoms with van der Waals surface area (Å²) in [4.78, 5) is 14.2. The minimum atomic E-state index is -0.534. The van der Waals surface area contributed by atoms with Gasteiger partial charge in [-0.3, -0.25) is 9.69 Å². The van der Waals surface area contributed by atoms with Crippen LogP contribution in [-0.2, 0) is 4.79 Å². The Bertz CT molecular complexity index is 540. The SMILES string of the molecule is O=C(CN1C2CCC1CC(O)C2)Nc1ccc(Cl)cc1F. The lowest BCUT2D eigenvalue weighted by molar-refractivity contribution is -0.119. The molecule has 0 spiro atoms. The minimum Gasteiger partial charge on any atom is -0.393 e. The number of anilines is 1. The molecule has 3 rings (SSSR count). The first kappa shape index (κ1) is 14.8. The van der Waals surface area contributed by atoms with Gasteiger partial charge in [0.15, 0.2) is 0 Å². The predicted molar refractivity (Wildman–Crippen MR) is 78.8 cm³/mol. The van der Waals surface area contributed by atoms with Crippen LogP contribution >= 0.6 is 11.6 Å². The molecule has 2 heterocycles. The van der Waals surface area contributed by atoms with Gasteiger partial charge >= 0.3 is 0 Å². The first-order chi connectivity index (χ1) is 10.0. The van der Waals surface area contributed by atoms with Crippen LogP contribution in [0.4, 0.5) is 10.1 Å². The Labute approximate surface area is 127 Å². The predicted octanol–water partition coefficient (Wildman–Crippen LogP) is 2.41. The number of hydrogen-bond acceptors (Lipinski definition) is 3. The Morgan fingerprint density at radius 1 is 1.38 bits per heavy atom. The van der Waals surface area contributed by atoms with E-state index in [4.69, 9.17) is 11.6 Å². The molecule has 2 atom stereocenters. The summed E-state index contributed by atoms with van der Waals surface area (Å²) in [6.07, 6.45) is 3.22. The number of nitrogens with one attached hydrogen (secondary N) is 1. The summed E-state index contributed by atoms with van der Waals surface area (Å²) >= 11 is 5.68. The van der Waals surface area contributed by atoms with Crippen LogP contribution in [0.25, 0.3) is 0 Å². The minimum absolute atomic E-state index is 0.147. The van der Waals surface area contributed by atoms with Crippen LogP contribution in [0, 0.1) is 5.82 Å². The number of rotatable bonds is 3. The number of aliphatic hydroxyl groups excluding tert-OH is 1. The van der Waals surface area contributed by atoms with Gasteiger partial charge in [0.1, 0.15) is 5.82 Å². The molecule has 2 N–H and O–H groups in total. The van der Waals surface area contributed by atoms with Gasteiger partial charge in [0.2, 0.25) is 5.91 Å². The molecule has 2 fully saturated rings. The zero-order chi connectivity index (χ0) is 15.0. The van der Waals surface area contributed by atoms with Crippen LogP contribution < -0.4 is 5.32 Å². The van der Waals surface area contributed by atoms with Crippen LogP contribution in [0.2, 0.25) is 5.02 Å². The number of carbonyl (C=O) groups excluding carboxylic acids is 1. The molecule has 2 bridgehead atoms.